The van der Waals surface area contributed by atoms with Gasteiger partial charge in [0.05, 0.1) is 12.5 Å². The molecule has 0 saturated heterocycles. The van der Waals surface area contributed by atoms with E-state index in [-0.39, 0.29) is 11.6 Å². The number of aryl methyl sites for hydroxylation is 3. The summed E-state index contributed by atoms with van der Waals surface area (Å²) in [5, 5.41) is 0. The first kappa shape index (κ1) is 20.4. The maximum Gasteiger partial charge on any atom is 0.141 e. The number of rotatable bonds is 8. The molecule has 2 rings (SSSR count). The van der Waals surface area contributed by atoms with Gasteiger partial charge in [-0.25, -0.2) is 8.78 Å². The highest BCUT2D eigenvalue weighted by atomic mass is 28.3. The number of hydrogen-bond acceptors (Lipinski definition) is 2. The number of hydrogen-bond donors (Lipinski definition) is 0. The van der Waals surface area contributed by atoms with Crippen LogP contribution in [0.4, 0.5) is 8.78 Å². The third-order valence-electron chi connectivity index (χ3n) is 5.12. The molecule has 0 radical (unpaired) electrons. The predicted molar refractivity (Wildman–Crippen MR) is 105 cm³/mol. The molecule has 0 unspecified atom stereocenters. The Bertz CT molecular complexity index is 735. The van der Waals surface area contributed by atoms with Crippen molar-refractivity contribution in [3.8, 4) is 11.5 Å². The van der Waals surface area contributed by atoms with E-state index in [1.54, 1.807) is 6.07 Å². The van der Waals surface area contributed by atoms with Crippen molar-refractivity contribution in [2.45, 2.75) is 46.7 Å². The molecule has 2 nitrogen and oxygen atoms in total. The Morgan fingerprint density at radius 2 is 1.31 bits per heavy atom. The third kappa shape index (κ3) is 4.85. The molecule has 0 bridgehead atoms. The molecule has 5 heteroatoms. The van der Waals surface area contributed by atoms with Gasteiger partial charge in [-0.05, 0) is 67.8 Å². The lowest BCUT2D eigenvalue weighted by atomic mass is 10.1. The molecule has 0 aliphatic heterocycles. The number of benzene rings is 2. The van der Waals surface area contributed by atoms with E-state index in [0.717, 1.165) is 40.3 Å². The Morgan fingerprint density at radius 3 is 1.85 bits per heavy atom. The first-order chi connectivity index (χ1) is 12.3. The van der Waals surface area contributed by atoms with Gasteiger partial charge < -0.3 is 9.47 Å². The van der Waals surface area contributed by atoms with E-state index in [9.17, 15) is 8.78 Å². The fraction of sp³-hybridized carbons (Fsp3) is 0.429. The van der Waals surface area contributed by atoms with Gasteiger partial charge in [0.15, 0.2) is 0 Å². The Labute approximate surface area is 156 Å². The monoisotopic (exact) mass is 378 g/mol. The molecule has 0 aromatic heterocycles. The van der Waals surface area contributed by atoms with Gasteiger partial charge in [-0.3, -0.25) is 0 Å². The molecule has 0 heterocycles. The van der Waals surface area contributed by atoms with E-state index >= 15 is 0 Å². The van der Waals surface area contributed by atoms with Crippen LogP contribution in [0.25, 0.3) is 0 Å². The van der Waals surface area contributed by atoms with Gasteiger partial charge in [0, 0.05) is 0 Å². The van der Waals surface area contributed by atoms with Crippen molar-refractivity contribution in [2.24, 2.45) is 0 Å². The molecule has 0 saturated carbocycles. The molecular formula is C21H28F2O2Si. The van der Waals surface area contributed by atoms with Crippen LogP contribution in [0, 0.1) is 32.4 Å². The quantitative estimate of drug-likeness (QED) is 0.531. The molecule has 2 aromatic rings. The van der Waals surface area contributed by atoms with Crippen molar-refractivity contribution in [1.29, 1.82) is 0 Å². The van der Waals surface area contributed by atoms with Gasteiger partial charge in [0.25, 0.3) is 0 Å². The van der Waals surface area contributed by atoms with E-state index in [4.69, 9.17) is 9.47 Å². The second kappa shape index (κ2) is 8.67. The Morgan fingerprint density at radius 1 is 0.769 bits per heavy atom. The van der Waals surface area contributed by atoms with Crippen LogP contribution in [0.3, 0.4) is 0 Å². The summed E-state index contributed by atoms with van der Waals surface area (Å²) >= 11 is 0. The minimum Gasteiger partial charge on any atom is -0.497 e. The van der Waals surface area contributed by atoms with Crippen molar-refractivity contribution in [1.82, 2.24) is 0 Å². The van der Waals surface area contributed by atoms with E-state index < -0.39 is 8.07 Å². The largest absolute Gasteiger partial charge is 0.497 e. The average Bonchev–Trinajstić information content (AvgIpc) is 2.58. The Balaban J connectivity index is 2.11. The first-order valence-electron chi connectivity index (χ1n) is 9.08. The van der Waals surface area contributed by atoms with Crippen LogP contribution >= 0.6 is 0 Å². The van der Waals surface area contributed by atoms with Crippen LogP contribution < -0.4 is 9.47 Å². The molecule has 0 fully saturated rings. The van der Waals surface area contributed by atoms with Crippen LogP contribution in [-0.2, 0) is 0 Å². The SMILES string of the molecule is CC[Si](CC)(COc1ccc(F)cc1C)COc1c(C)cc(F)cc1C. The van der Waals surface area contributed by atoms with Gasteiger partial charge in [-0.2, -0.15) is 0 Å². The summed E-state index contributed by atoms with van der Waals surface area (Å²) in [6.07, 6.45) is 1.24. The van der Waals surface area contributed by atoms with E-state index in [1.165, 1.54) is 24.3 Å². The zero-order chi connectivity index (χ0) is 19.3. The molecule has 26 heavy (non-hydrogen) atoms. The van der Waals surface area contributed by atoms with E-state index in [0.29, 0.717) is 12.5 Å². The predicted octanol–water partition coefficient (Wildman–Crippen LogP) is 5.91. The summed E-state index contributed by atoms with van der Waals surface area (Å²) < 4.78 is 39.0. The Kier molecular flexibility index (Phi) is 6.81. The smallest absolute Gasteiger partial charge is 0.141 e. The van der Waals surface area contributed by atoms with Crippen LogP contribution in [-0.4, -0.2) is 20.5 Å². The molecule has 142 valence electrons. The van der Waals surface area contributed by atoms with Gasteiger partial charge in [-0.15, -0.1) is 0 Å². The fourth-order valence-corrected chi connectivity index (χ4v) is 5.37. The minimum atomic E-state index is -1.84. The summed E-state index contributed by atoms with van der Waals surface area (Å²) in [7, 11) is -1.84. The number of halogens is 2. The third-order valence-corrected chi connectivity index (χ3v) is 9.63. The van der Waals surface area contributed by atoms with Crippen molar-refractivity contribution < 1.29 is 18.3 Å². The Hall–Kier alpha value is -1.88. The highest BCUT2D eigenvalue weighted by Crippen LogP contribution is 2.27. The normalized spacial score (nSPS) is 11.5. The second-order valence-electron chi connectivity index (χ2n) is 7.06. The minimum absolute atomic E-state index is 0.239. The van der Waals surface area contributed by atoms with Crippen LogP contribution in [0.2, 0.25) is 12.1 Å². The van der Waals surface area contributed by atoms with Crippen LogP contribution in [0.1, 0.15) is 30.5 Å². The standard InChI is InChI=1S/C21H28F2O2Si/c1-6-26(7-2,13-24-20-9-8-18(22)10-15(20)3)14-25-21-16(4)11-19(23)12-17(21)5/h8-12H,6-7,13-14H2,1-5H3. The summed E-state index contributed by atoms with van der Waals surface area (Å²) in [5.41, 5.74) is 2.42. The van der Waals surface area contributed by atoms with E-state index in [1.807, 2.05) is 20.8 Å². The van der Waals surface area contributed by atoms with Crippen molar-refractivity contribution in [3.05, 3.63) is 58.7 Å². The molecule has 0 aliphatic rings. The lowest BCUT2D eigenvalue weighted by Gasteiger charge is -2.30. The number of ether oxygens (including phenoxy) is 2. The summed E-state index contributed by atoms with van der Waals surface area (Å²) in [6.45, 7) is 9.92. The molecule has 0 amide bonds. The van der Waals surface area contributed by atoms with Crippen LogP contribution in [0.5, 0.6) is 11.5 Å². The molecule has 0 atom stereocenters. The molecule has 0 aliphatic carbocycles. The lowest BCUT2D eigenvalue weighted by Crippen LogP contribution is -2.47. The summed E-state index contributed by atoms with van der Waals surface area (Å²) in [5.74, 6) is 0.995. The summed E-state index contributed by atoms with van der Waals surface area (Å²) in [6, 6.07) is 9.63. The van der Waals surface area contributed by atoms with Gasteiger partial charge in [0.2, 0.25) is 0 Å². The van der Waals surface area contributed by atoms with E-state index in [2.05, 4.69) is 13.8 Å². The summed E-state index contributed by atoms with van der Waals surface area (Å²) in [4.78, 5) is 0. The lowest BCUT2D eigenvalue weighted by molar-refractivity contribution is 0.336. The molecule has 0 N–H and O–H groups in total. The zero-order valence-electron chi connectivity index (χ0n) is 16.3. The highest BCUT2D eigenvalue weighted by Gasteiger charge is 2.32. The maximum atomic E-state index is 13.5. The average molecular weight is 379 g/mol. The van der Waals surface area contributed by atoms with Gasteiger partial charge in [0.1, 0.15) is 31.2 Å². The highest BCUT2D eigenvalue weighted by molar-refractivity contribution is 6.79. The topological polar surface area (TPSA) is 18.5 Å². The van der Waals surface area contributed by atoms with Crippen LogP contribution in [0.15, 0.2) is 30.3 Å². The second-order valence-corrected chi connectivity index (χ2v) is 12.1. The molecule has 0 spiro atoms. The molecular weight excluding hydrogens is 350 g/mol. The van der Waals surface area contributed by atoms with Crippen molar-refractivity contribution >= 4 is 8.07 Å². The van der Waals surface area contributed by atoms with Crippen molar-refractivity contribution in [2.75, 3.05) is 12.5 Å². The van der Waals surface area contributed by atoms with Crippen molar-refractivity contribution in [3.63, 3.8) is 0 Å². The first-order valence-corrected chi connectivity index (χ1v) is 11.9. The fourth-order valence-electron chi connectivity index (χ4n) is 3.06. The zero-order valence-corrected chi connectivity index (χ0v) is 17.3. The molecule has 2 aromatic carbocycles. The van der Waals surface area contributed by atoms with Gasteiger partial charge in [-0.1, -0.05) is 25.9 Å². The van der Waals surface area contributed by atoms with Gasteiger partial charge >= 0.3 is 0 Å². The maximum absolute atomic E-state index is 13.5.